The molecule has 1 unspecified atom stereocenters. The number of aromatic nitrogens is 1. The smallest absolute Gasteiger partial charge is 0.258 e. The Bertz CT molecular complexity index is 512. The number of nitrogens with two attached hydrogens (primary N) is 1. The highest BCUT2D eigenvalue weighted by Gasteiger charge is 2.29. The number of nitrogens with zero attached hydrogens (tertiary/aromatic N) is 2. The first-order valence-electron chi connectivity index (χ1n) is 8.00. The summed E-state index contributed by atoms with van der Waals surface area (Å²) in [5, 5.41) is 3.99. The molecule has 2 heterocycles. The maximum absolute atomic E-state index is 12.4. The Kier molecular flexibility index (Phi) is 4.33. The van der Waals surface area contributed by atoms with Crippen molar-refractivity contribution in [2.45, 2.75) is 51.5 Å². The van der Waals surface area contributed by atoms with Crippen molar-refractivity contribution in [2.24, 2.45) is 5.92 Å². The van der Waals surface area contributed by atoms with Crippen molar-refractivity contribution >= 4 is 28.3 Å². The third kappa shape index (κ3) is 3.31. The molecule has 3 N–H and O–H groups in total. The Morgan fingerprint density at radius 2 is 2.19 bits per heavy atom. The van der Waals surface area contributed by atoms with E-state index in [1.54, 1.807) is 0 Å². The number of nitrogens with one attached hydrogen (secondary N) is 1. The summed E-state index contributed by atoms with van der Waals surface area (Å²) in [6.07, 6.45) is 7.07. The molecule has 21 heavy (non-hydrogen) atoms. The predicted molar refractivity (Wildman–Crippen MR) is 86.9 cm³/mol. The molecule has 0 bridgehead atoms. The Morgan fingerprint density at radius 1 is 1.38 bits per heavy atom. The van der Waals surface area contributed by atoms with E-state index < -0.39 is 0 Å². The van der Waals surface area contributed by atoms with E-state index in [1.807, 2.05) is 0 Å². The summed E-state index contributed by atoms with van der Waals surface area (Å²) in [5.74, 6) is 1.14. The standard InChI is InChI=1S/C15H24N4OS/c1-2-10-4-3-8-19(9-7-10)15-12(13(16)18-21-15)14(20)17-11-5-6-11/h10-11H,2-9H2,1H3,(H2,16,18)(H,17,20). The van der Waals surface area contributed by atoms with Crippen LogP contribution in [0.3, 0.4) is 0 Å². The van der Waals surface area contributed by atoms with E-state index in [0.717, 1.165) is 36.9 Å². The molecule has 3 rings (SSSR count). The molecule has 0 radical (unpaired) electrons. The highest BCUT2D eigenvalue weighted by Crippen LogP contribution is 2.34. The number of hydrogen-bond donors (Lipinski definition) is 2. The maximum Gasteiger partial charge on any atom is 0.258 e. The van der Waals surface area contributed by atoms with Crippen LogP contribution in [0.15, 0.2) is 0 Å². The molecule has 2 aliphatic rings. The molecule has 1 aromatic heterocycles. The van der Waals surface area contributed by atoms with Crippen molar-refractivity contribution < 1.29 is 4.79 Å². The van der Waals surface area contributed by atoms with E-state index in [1.165, 1.54) is 37.2 Å². The monoisotopic (exact) mass is 308 g/mol. The van der Waals surface area contributed by atoms with Gasteiger partial charge in [0.25, 0.3) is 5.91 Å². The second-order valence-electron chi connectivity index (χ2n) is 6.19. The van der Waals surface area contributed by atoms with Gasteiger partial charge >= 0.3 is 0 Å². The van der Waals surface area contributed by atoms with Gasteiger partial charge in [0.05, 0.1) is 0 Å². The van der Waals surface area contributed by atoms with Crippen LogP contribution in [0, 0.1) is 5.92 Å². The second kappa shape index (κ2) is 6.22. The zero-order valence-corrected chi connectivity index (χ0v) is 13.4. The third-order valence-electron chi connectivity index (χ3n) is 4.55. The zero-order valence-electron chi connectivity index (χ0n) is 12.6. The molecule has 2 fully saturated rings. The molecule has 1 atom stereocenters. The number of amides is 1. The average molecular weight is 308 g/mol. The third-order valence-corrected chi connectivity index (χ3v) is 5.48. The first-order valence-corrected chi connectivity index (χ1v) is 8.77. The zero-order chi connectivity index (χ0) is 14.8. The molecule has 0 aromatic carbocycles. The van der Waals surface area contributed by atoms with Crippen LogP contribution in [-0.4, -0.2) is 29.4 Å². The van der Waals surface area contributed by atoms with Crippen LogP contribution in [0.25, 0.3) is 0 Å². The molecule has 1 aromatic rings. The average Bonchev–Trinajstić information content (AvgIpc) is 3.24. The van der Waals surface area contributed by atoms with Gasteiger partial charge in [-0.05, 0) is 49.6 Å². The van der Waals surface area contributed by atoms with Gasteiger partial charge in [-0.2, -0.15) is 4.37 Å². The fraction of sp³-hybridized carbons (Fsp3) is 0.733. The molecular weight excluding hydrogens is 284 g/mol. The minimum absolute atomic E-state index is 0.0463. The summed E-state index contributed by atoms with van der Waals surface area (Å²) in [7, 11) is 0. The minimum Gasteiger partial charge on any atom is -0.382 e. The summed E-state index contributed by atoms with van der Waals surface area (Å²) >= 11 is 1.37. The van der Waals surface area contributed by atoms with E-state index in [0.29, 0.717) is 17.4 Å². The van der Waals surface area contributed by atoms with Gasteiger partial charge in [0, 0.05) is 19.1 Å². The number of anilines is 2. The van der Waals surface area contributed by atoms with Gasteiger partial charge < -0.3 is 16.0 Å². The van der Waals surface area contributed by atoms with Gasteiger partial charge in [-0.15, -0.1) is 0 Å². The van der Waals surface area contributed by atoms with Crippen molar-refractivity contribution in [1.29, 1.82) is 0 Å². The van der Waals surface area contributed by atoms with Crippen molar-refractivity contribution in [3.63, 3.8) is 0 Å². The Balaban J connectivity index is 1.76. The van der Waals surface area contributed by atoms with Crippen LogP contribution in [-0.2, 0) is 0 Å². The summed E-state index contributed by atoms with van der Waals surface area (Å²) in [5.41, 5.74) is 6.55. The molecule has 5 nitrogen and oxygen atoms in total. The number of carbonyl (C=O) groups excluding carboxylic acids is 1. The highest BCUT2D eigenvalue weighted by molar-refractivity contribution is 7.11. The lowest BCUT2D eigenvalue weighted by molar-refractivity contribution is 0.0952. The van der Waals surface area contributed by atoms with Crippen molar-refractivity contribution in [1.82, 2.24) is 9.69 Å². The number of nitrogen functional groups attached to an aromatic ring is 1. The predicted octanol–water partition coefficient (Wildman–Crippen LogP) is 2.63. The van der Waals surface area contributed by atoms with E-state index in [9.17, 15) is 4.79 Å². The van der Waals surface area contributed by atoms with Gasteiger partial charge in [-0.3, -0.25) is 4.79 Å². The largest absolute Gasteiger partial charge is 0.382 e. The van der Waals surface area contributed by atoms with E-state index in [-0.39, 0.29) is 5.91 Å². The normalized spacial score (nSPS) is 22.9. The van der Waals surface area contributed by atoms with Crippen LogP contribution in [0.4, 0.5) is 10.8 Å². The van der Waals surface area contributed by atoms with Crippen LogP contribution in [0.5, 0.6) is 0 Å². The van der Waals surface area contributed by atoms with Crippen LogP contribution in [0.1, 0.15) is 55.8 Å². The summed E-state index contributed by atoms with van der Waals surface area (Å²) < 4.78 is 4.23. The maximum atomic E-state index is 12.4. The minimum atomic E-state index is -0.0463. The van der Waals surface area contributed by atoms with Crippen molar-refractivity contribution in [2.75, 3.05) is 23.7 Å². The number of rotatable bonds is 4. The van der Waals surface area contributed by atoms with E-state index >= 15 is 0 Å². The molecule has 1 aliphatic heterocycles. The SMILES string of the molecule is CCC1CCCN(c2snc(N)c2C(=O)NC2CC2)CC1. The number of carbonyl (C=O) groups is 1. The molecule has 1 aliphatic carbocycles. The Labute approximate surface area is 130 Å². The van der Waals surface area contributed by atoms with Crippen molar-refractivity contribution in [3.8, 4) is 0 Å². The van der Waals surface area contributed by atoms with Crippen molar-refractivity contribution in [3.05, 3.63) is 5.56 Å². The molecule has 1 saturated carbocycles. The van der Waals surface area contributed by atoms with Gasteiger partial charge in [-0.1, -0.05) is 13.3 Å². The fourth-order valence-corrected chi connectivity index (χ4v) is 3.85. The van der Waals surface area contributed by atoms with E-state index in [2.05, 4.69) is 21.5 Å². The van der Waals surface area contributed by atoms with Gasteiger partial charge in [-0.25, -0.2) is 0 Å². The molecule has 1 saturated heterocycles. The van der Waals surface area contributed by atoms with Gasteiger partial charge in [0.1, 0.15) is 10.6 Å². The lowest BCUT2D eigenvalue weighted by Gasteiger charge is -2.21. The topological polar surface area (TPSA) is 71.2 Å². The lowest BCUT2D eigenvalue weighted by atomic mass is 9.98. The molecule has 0 spiro atoms. The van der Waals surface area contributed by atoms with Gasteiger partial charge in [0.15, 0.2) is 5.82 Å². The summed E-state index contributed by atoms with van der Waals surface area (Å²) in [4.78, 5) is 14.7. The molecule has 116 valence electrons. The van der Waals surface area contributed by atoms with E-state index in [4.69, 9.17) is 5.73 Å². The first kappa shape index (κ1) is 14.6. The summed E-state index contributed by atoms with van der Waals surface area (Å²) in [6, 6.07) is 0.346. The second-order valence-corrected chi connectivity index (χ2v) is 6.94. The Hall–Kier alpha value is -1.30. The summed E-state index contributed by atoms with van der Waals surface area (Å²) in [6.45, 7) is 4.27. The fourth-order valence-electron chi connectivity index (χ4n) is 2.98. The Morgan fingerprint density at radius 3 is 2.90 bits per heavy atom. The highest BCUT2D eigenvalue weighted by atomic mass is 32.1. The number of hydrogen-bond acceptors (Lipinski definition) is 5. The molecule has 6 heteroatoms. The molecule has 1 amide bonds. The molecular formula is C15H24N4OS. The first-order chi connectivity index (χ1) is 10.2. The van der Waals surface area contributed by atoms with Crippen LogP contribution in [0.2, 0.25) is 0 Å². The lowest BCUT2D eigenvalue weighted by Crippen LogP contribution is -2.30. The van der Waals surface area contributed by atoms with Gasteiger partial charge in [0.2, 0.25) is 0 Å². The van der Waals surface area contributed by atoms with Crippen LogP contribution >= 0.6 is 11.5 Å². The quantitative estimate of drug-likeness (QED) is 0.897. The van der Waals surface area contributed by atoms with Crippen LogP contribution < -0.4 is 16.0 Å².